The van der Waals surface area contributed by atoms with E-state index in [1.54, 1.807) is 34.5 Å². The van der Waals surface area contributed by atoms with Gasteiger partial charge in [-0.05, 0) is 23.8 Å². The maximum Gasteiger partial charge on any atom is 0.355 e. The van der Waals surface area contributed by atoms with Gasteiger partial charge in [0.05, 0.1) is 0 Å². The number of pyridine rings is 1. The van der Waals surface area contributed by atoms with Gasteiger partial charge in [-0.3, -0.25) is 0 Å². The summed E-state index contributed by atoms with van der Waals surface area (Å²) in [5.74, 6) is -0.593. The molecule has 0 amide bonds. The third-order valence-electron chi connectivity index (χ3n) is 3.99. The van der Waals surface area contributed by atoms with Crippen molar-refractivity contribution in [3.8, 4) is 17.0 Å². The van der Waals surface area contributed by atoms with Gasteiger partial charge in [0.25, 0.3) is 5.88 Å². The normalized spacial score (nSPS) is 11.2. The van der Waals surface area contributed by atoms with Crippen LogP contribution in [0.25, 0.3) is 16.1 Å². The molecule has 1 N–H and O–H groups in total. The van der Waals surface area contributed by atoms with Gasteiger partial charge in [0.15, 0.2) is 5.56 Å². The maximum absolute atomic E-state index is 13.2. The van der Waals surface area contributed by atoms with E-state index in [2.05, 4.69) is 4.98 Å². The number of hydrogen-bond donors (Lipinski definition) is 1. The summed E-state index contributed by atoms with van der Waals surface area (Å²) >= 11 is 7.15. The van der Waals surface area contributed by atoms with Gasteiger partial charge in [-0.2, -0.15) is 8.97 Å². The largest absolute Gasteiger partial charge is 0.477 e. The second-order valence-corrected chi connectivity index (χ2v) is 6.90. The summed E-state index contributed by atoms with van der Waals surface area (Å²) in [6.07, 6.45) is 3.26. The fourth-order valence-corrected chi connectivity index (χ4v) is 3.71. The molecule has 3 aromatic heterocycles. The Kier molecular flexibility index (Phi) is 4.18. The maximum atomic E-state index is 13.2. The zero-order valence-corrected chi connectivity index (χ0v) is 14.8. The van der Waals surface area contributed by atoms with E-state index in [-0.39, 0.29) is 17.0 Å². The van der Waals surface area contributed by atoms with Crippen LogP contribution in [-0.2, 0) is 6.54 Å². The number of nitrogens with zero attached hydrogens (tertiary/aromatic N) is 3. The third-order valence-corrected chi connectivity index (χ3v) is 5.10. The van der Waals surface area contributed by atoms with Crippen molar-refractivity contribution in [2.75, 3.05) is 0 Å². The number of hydrogen-bond acceptors (Lipinski definition) is 4. The van der Waals surface area contributed by atoms with Gasteiger partial charge in [0.1, 0.15) is 23.7 Å². The molecule has 0 saturated carbocycles. The molecule has 0 radical (unpaired) electrons. The van der Waals surface area contributed by atoms with E-state index in [4.69, 9.17) is 11.6 Å². The molecule has 0 aliphatic carbocycles. The van der Waals surface area contributed by atoms with E-state index in [9.17, 15) is 14.3 Å². The smallest absolute Gasteiger partial charge is 0.355 e. The Morgan fingerprint density at radius 3 is 2.69 bits per heavy atom. The Hall–Kier alpha value is -2.77. The van der Waals surface area contributed by atoms with Crippen LogP contribution < -0.4 is 9.96 Å². The molecular weight excluding hydrogens is 377 g/mol. The Morgan fingerprint density at radius 1 is 1.23 bits per heavy atom. The van der Waals surface area contributed by atoms with E-state index >= 15 is 0 Å². The van der Waals surface area contributed by atoms with Gasteiger partial charge in [-0.25, -0.2) is 14.2 Å². The molecule has 1 aromatic carbocycles. The quantitative estimate of drug-likeness (QED) is 0.433. The van der Waals surface area contributed by atoms with Gasteiger partial charge in [-0.1, -0.05) is 41.1 Å². The fourth-order valence-electron chi connectivity index (χ4n) is 2.76. The van der Waals surface area contributed by atoms with Gasteiger partial charge in [0, 0.05) is 17.1 Å². The molecule has 26 heavy (non-hydrogen) atoms. The topological polar surface area (TPSA) is 59.2 Å². The molecule has 0 saturated heterocycles. The second-order valence-electron chi connectivity index (χ2n) is 5.64. The zero-order chi connectivity index (χ0) is 18.3. The standard InChI is InChI=1S/C18H11ClFN3O2S/c19-14-6-1-11(9-21-14)10-23-17(25)15(12-2-4-13(20)5-3-12)16(24)22-7-8-26-18(22)23/h1-9H,10H2/p+1. The van der Waals surface area contributed by atoms with Gasteiger partial charge < -0.3 is 5.11 Å². The van der Waals surface area contributed by atoms with Crippen molar-refractivity contribution in [3.05, 3.63) is 81.1 Å². The van der Waals surface area contributed by atoms with Gasteiger partial charge >= 0.3 is 10.5 Å². The number of aromatic nitrogens is 3. The Bertz CT molecular complexity index is 1150. The zero-order valence-electron chi connectivity index (χ0n) is 13.3. The first-order valence-electron chi connectivity index (χ1n) is 7.65. The molecule has 130 valence electrons. The molecule has 5 nitrogen and oxygen atoms in total. The van der Waals surface area contributed by atoms with E-state index in [0.717, 1.165) is 5.56 Å². The Balaban J connectivity index is 1.94. The summed E-state index contributed by atoms with van der Waals surface area (Å²) in [4.78, 5) is 17.4. The van der Waals surface area contributed by atoms with Crippen molar-refractivity contribution >= 4 is 27.9 Å². The molecule has 0 spiro atoms. The van der Waals surface area contributed by atoms with Crippen LogP contribution in [0.3, 0.4) is 0 Å². The monoisotopic (exact) mass is 388 g/mol. The number of rotatable bonds is 3. The number of fused-ring (bicyclic) bond motifs is 1. The van der Waals surface area contributed by atoms with E-state index in [1.165, 1.54) is 40.0 Å². The molecule has 0 fully saturated rings. The highest BCUT2D eigenvalue weighted by Gasteiger charge is 2.26. The molecule has 3 heterocycles. The summed E-state index contributed by atoms with van der Waals surface area (Å²) in [7, 11) is 0. The lowest BCUT2D eigenvalue weighted by molar-refractivity contribution is -0.527. The summed E-state index contributed by atoms with van der Waals surface area (Å²) in [6, 6.07) is 8.91. The minimum atomic E-state index is -0.412. The predicted molar refractivity (Wildman–Crippen MR) is 97.1 cm³/mol. The van der Waals surface area contributed by atoms with Crippen LogP contribution in [-0.4, -0.2) is 14.7 Å². The molecular formula is C18H12ClFN3O2S+. The number of aromatic hydroxyl groups is 1. The van der Waals surface area contributed by atoms with Crippen molar-refractivity contribution in [2.24, 2.45) is 0 Å². The summed E-state index contributed by atoms with van der Waals surface area (Å²) in [5.41, 5.74) is 1.00. The molecule has 0 bridgehead atoms. The fraction of sp³-hybridized carbons (Fsp3) is 0.0556. The number of benzene rings is 1. The lowest BCUT2D eigenvalue weighted by Gasteiger charge is -2.08. The molecule has 4 rings (SSSR count). The van der Waals surface area contributed by atoms with Crippen molar-refractivity contribution < 1.29 is 13.9 Å². The van der Waals surface area contributed by atoms with Crippen molar-refractivity contribution in [2.45, 2.75) is 6.54 Å². The lowest BCUT2D eigenvalue weighted by atomic mass is 10.1. The van der Waals surface area contributed by atoms with Crippen LogP contribution in [0.15, 0.2) is 59.0 Å². The molecule has 4 aromatic rings. The van der Waals surface area contributed by atoms with Gasteiger partial charge in [0.2, 0.25) is 0 Å². The van der Waals surface area contributed by atoms with Crippen molar-refractivity contribution in [1.29, 1.82) is 0 Å². The first kappa shape index (κ1) is 16.7. The number of thiazole rings is 1. The van der Waals surface area contributed by atoms with Crippen molar-refractivity contribution in [1.82, 2.24) is 9.55 Å². The van der Waals surface area contributed by atoms with Crippen LogP contribution in [0.1, 0.15) is 5.56 Å². The first-order chi connectivity index (χ1) is 12.5. The van der Waals surface area contributed by atoms with Crippen LogP contribution in [0.2, 0.25) is 5.15 Å². The molecule has 8 heteroatoms. The predicted octanol–water partition coefficient (Wildman–Crippen LogP) is 3.26. The lowest BCUT2D eigenvalue weighted by Crippen LogP contribution is -2.41. The van der Waals surface area contributed by atoms with E-state index < -0.39 is 5.82 Å². The highest BCUT2D eigenvalue weighted by atomic mass is 35.5. The molecule has 0 aliphatic rings. The first-order valence-corrected chi connectivity index (χ1v) is 8.91. The highest BCUT2D eigenvalue weighted by Crippen LogP contribution is 2.28. The summed E-state index contributed by atoms with van der Waals surface area (Å²) in [5, 5.41) is 13.0. The second kappa shape index (κ2) is 6.51. The van der Waals surface area contributed by atoms with Crippen LogP contribution >= 0.6 is 22.9 Å². The van der Waals surface area contributed by atoms with Gasteiger partial charge in [-0.15, -0.1) is 0 Å². The summed E-state index contributed by atoms with van der Waals surface area (Å²) in [6.45, 7) is 0.300. The van der Waals surface area contributed by atoms with E-state index in [1.807, 2.05) is 0 Å². The molecule has 0 unspecified atom stereocenters. The average molecular weight is 389 g/mol. The minimum absolute atomic E-state index is 0.114. The average Bonchev–Trinajstić information content (AvgIpc) is 3.12. The molecule has 0 aliphatic heterocycles. The summed E-state index contributed by atoms with van der Waals surface area (Å²) < 4.78 is 16.3. The van der Waals surface area contributed by atoms with E-state index in [0.29, 0.717) is 22.2 Å². The minimum Gasteiger partial charge on any atom is -0.477 e. The Morgan fingerprint density at radius 2 is 2.00 bits per heavy atom. The Labute approximate surface area is 156 Å². The van der Waals surface area contributed by atoms with Crippen molar-refractivity contribution in [3.63, 3.8) is 0 Å². The molecule has 0 atom stereocenters. The SMILES string of the molecule is O=c1c(-c2ccc(F)cc2)c(O)n(Cc2ccc(Cl)nc2)c2scc[n+]12. The van der Waals surface area contributed by atoms with Crippen LogP contribution in [0.4, 0.5) is 4.39 Å². The van der Waals surface area contributed by atoms with Crippen LogP contribution in [0.5, 0.6) is 5.88 Å². The number of halogens is 2. The van der Waals surface area contributed by atoms with Crippen LogP contribution in [0, 0.1) is 5.82 Å². The third kappa shape index (κ3) is 2.85. The highest BCUT2D eigenvalue weighted by molar-refractivity contribution is 7.14.